The molecule has 1 aliphatic heterocycles. The van der Waals surface area contributed by atoms with Crippen LogP contribution in [0, 0.1) is 0 Å². The van der Waals surface area contributed by atoms with Gasteiger partial charge in [0.25, 0.3) is 5.91 Å². The number of sulfonamides is 1. The van der Waals surface area contributed by atoms with E-state index in [0.717, 1.165) is 17.2 Å². The number of aromatic nitrogens is 3. The largest absolute Gasteiger partial charge is 0.356 e. The summed E-state index contributed by atoms with van der Waals surface area (Å²) in [6.45, 7) is 1.18. The summed E-state index contributed by atoms with van der Waals surface area (Å²) in [7, 11) is -3.58. The topological polar surface area (TPSA) is 99.6 Å². The van der Waals surface area contributed by atoms with Crippen molar-refractivity contribution in [2.75, 3.05) is 24.6 Å². The van der Waals surface area contributed by atoms with Gasteiger partial charge in [0.2, 0.25) is 10.0 Å². The molecule has 1 aliphatic rings. The molecule has 3 aromatic rings. The number of aromatic amines is 1. The van der Waals surface area contributed by atoms with E-state index in [4.69, 9.17) is 11.6 Å². The number of hydrogen-bond donors (Lipinski definition) is 2. The third-order valence-electron chi connectivity index (χ3n) is 4.40. The molecule has 8 nitrogen and oxygen atoms in total. The molecule has 148 valence electrons. The Balaban J connectivity index is 1.43. The zero-order chi connectivity index (χ0) is 19.7. The molecule has 11 heteroatoms. The average Bonchev–Trinajstić information content (AvgIpc) is 3.34. The van der Waals surface area contributed by atoms with Gasteiger partial charge in [0, 0.05) is 43.2 Å². The molecule has 1 fully saturated rings. The highest BCUT2D eigenvalue weighted by molar-refractivity contribution is 7.99. The molecule has 0 aliphatic carbocycles. The molecule has 4 rings (SSSR count). The predicted octanol–water partition coefficient (Wildman–Crippen LogP) is 1.98. The molecule has 0 radical (unpaired) electrons. The van der Waals surface area contributed by atoms with E-state index < -0.39 is 15.9 Å². The van der Waals surface area contributed by atoms with Gasteiger partial charge < -0.3 is 14.7 Å². The molecule has 2 N–H and O–H groups in total. The van der Waals surface area contributed by atoms with E-state index in [2.05, 4.69) is 15.3 Å². The lowest BCUT2D eigenvalue weighted by Crippen LogP contribution is -2.37. The predicted molar refractivity (Wildman–Crippen MR) is 108 cm³/mol. The molecule has 1 saturated heterocycles. The number of nitrogens with one attached hydrogen (secondary N) is 2. The second-order valence-electron chi connectivity index (χ2n) is 6.29. The van der Waals surface area contributed by atoms with E-state index in [1.165, 1.54) is 16.6 Å². The Morgan fingerprint density at radius 2 is 2.07 bits per heavy atom. The first kappa shape index (κ1) is 19.3. The number of carbonyl (C=O) groups excluding carboxylic acids is 1. The van der Waals surface area contributed by atoms with Crippen LogP contribution in [0.2, 0.25) is 5.02 Å². The van der Waals surface area contributed by atoms with Gasteiger partial charge in [-0.2, -0.15) is 16.1 Å². The molecule has 3 aromatic heterocycles. The minimum Gasteiger partial charge on any atom is -0.356 e. The highest BCUT2D eigenvalue weighted by atomic mass is 35.5. The van der Waals surface area contributed by atoms with Gasteiger partial charge in [-0.05, 0) is 18.2 Å². The van der Waals surface area contributed by atoms with Gasteiger partial charge in [0.15, 0.2) is 0 Å². The Bertz CT molecular complexity index is 1120. The van der Waals surface area contributed by atoms with Gasteiger partial charge in [-0.15, -0.1) is 0 Å². The molecular formula is C17H18ClN5O3S2. The van der Waals surface area contributed by atoms with Crippen molar-refractivity contribution in [2.45, 2.75) is 11.4 Å². The van der Waals surface area contributed by atoms with E-state index in [9.17, 15) is 13.2 Å². The maximum absolute atomic E-state index is 12.7. The van der Waals surface area contributed by atoms with E-state index in [1.807, 2.05) is 0 Å². The van der Waals surface area contributed by atoms with Crippen LogP contribution in [0.3, 0.4) is 0 Å². The summed E-state index contributed by atoms with van der Waals surface area (Å²) in [5.74, 6) is 1.16. The number of pyridine rings is 1. The summed E-state index contributed by atoms with van der Waals surface area (Å²) in [4.78, 5) is 19.7. The van der Waals surface area contributed by atoms with Crippen LogP contribution in [0.5, 0.6) is 0 Å². The van der Waals surface area contributed by atoms with Gasteiger partial charge in [-0.1, -0.05) is 11.6 Å². The van der Waals surface area contributed by atoms with E-state index >= 15 is 0 Å². The number of halogens is 1. The second kappa shape index (κ2) is 7.78. The average molecular weight is 440 g/mol. The Labute approximate surface area is 171 Å². The molecule has 0 aromatic carbocycles. The number of carbonyl (C=O) groups is 1. The first-order chi connectivity index (χ1) is 13.4. The molecule has 0 saturated carbocycles. The molecule has 0 bridgehead atoms. The zero-order valence-electron chi connectivity index (χ0n) is 14.8. The van der Waals surface area contributed by atoms with Gasteiger partial charge >= 0.3 is 0 Å². The fourth-order valence-corrected chi connectivity index (χ4v) is 5.70. The van der Waals surface area contributed by atoms with Crippen LogP contribution in [-0.2, 0) is 16.6 Å². The van der Waals surface area contributed by atoms with Crippen LogP contribution in [0.25, 0.3) is 5.65 Å². The van der Waals surface area contributed by atoms with E-state index in [-0.39, 0.29) is 17.1 Å². The van der Waals surface area contributed by atoms with Crippen molar-refractivity contribution in [2.24, 2.45) is 0 Å². The van der Waals surface area contributed by atoms with Gasteiger partial charge in [-0.25, -0.2) is 13.4 Å². The number of H-pyrrole nitrogens is 1. The second-order valence-corrected chi connectivity index (χ2v) is 9.89. The number of thioether (sulfide) groups is 1. The fourth-order valence-electron chi connectivity index (χ4n) is 2.96. The lowest BCUT2D eigenvalue weighted by atomic mass is 10.4. The fraction of sp³-hybridized carbons (Fsp3) is 0.294. The summed E-state index contributed by atoms with van der Waals surface area (Å²) >= 11 is 7.69. The molecule has 4 heterocycles. The lowest BCUT2D eigenvalue weighted by Gasteiger charge is -2.24. The van der Waals surface area contributed by atoms with Crippen molar-refractivity contribution in [1.82, 2.24) is 24.0 Å². The number of fused-ring (bicyclic) bond motifs is 1. The van der Waals surface area contributed by atoms with Crippen LogP contribution >= 0.6 is 23.4 Å². The summed E-state index contributed by atoms with van der Waals surface area (Å²) in [6.07, 6.45) is 4.87. The molecule has 0 spiro atoms. The zero-order valence-corrected chi connectivity index (χ0v) is 17.1. The lowest BCUT2D eigenvalue weighted by molar-refractivity contribution is 0.0946. The number of hydrogen-bond acceptors (Lipinski definition) is 5. The van der Waals surface area contributed by atoms with Crippen LogP contribution in [0.15, 0.2) is 41.7 Å². The van der Waals surface area contributed by atoms with Crippen LogP contribution < -0.4 is 5.32 Å². The number of imidazole rings is 1. The molecule has 0 atom stereocenters. The highest BCUT2D eigenvalue weighted by Crippen LogP contribution is 2.21. The maximum Gasteiger partial charge on any atom is 0.268 e. The Morgan fingerprint density at radius 1 is 1.29 bits per heavy atom. The van der Waals surface area contributed by atoms with Gasteiger partial charge in [-0.3, -0.25) is 4.79 Å². The van der Waals surface area contributed by atoms with Crippen molar-refractivity contribution in [3.05, 3.63) is 53.2 Å². The first-order valence-corrected chi connectivity index (χ1v) is 11.6. The molecule has 1 amide bonds. The van der Waals surface area contributed by atoms with E-state index in [0.29, 0.717) is 23.8 Å². The summed E-state index contributed by atoms with van der Waals surface area (Å²) in [6, 6.07) is 4.90. The standard InChI is InChI=1S/C17H18ClN5O3S2/c18-12-1-2-16-21-13(11-22(16)10-12)8-20-17(24)15-7-14(9-19-15)28(25,26)23-3-5-27-6-4-23/h1-2,7,9-11,19H,3-6,8H2,(H,20,24). The van der Waals surface area contributed by atoms with Crippen molar-refractivity contribution >= 4 is 44.9 Å². The SMILES string of the molecule is O=C(NCc1cn2cc(Cl)ccc2n1)c1cc(S(=O)(=O)N2CCSCC2)c[nH]1. The Morgan fingerprint density at radius 3 is 2.86 bits per heavy atom. The molecule has 28 heavy (non-hydrogen) atoms. The monoisotopic (exact) mass is 439 g/mol. The quantitative estimate of drug-likeness (QED) is 0.633. The Kier molecular flexibility index (Phi) is 5.37. The molecular weight excluding hydrogens is 422 g/mol. The van der Waals surface area contributed by atoms with Crippen LogP contribution in [0.1, 0.15) is 16.2 Å². The van der Waals surface area contributed by atoms with Crippen molar-refractivity contribution < 1.29 is 13.2 Å². The van der Waals surface area contributed by atoms with Gasteiger partial charge in [0.05, 0.1) is 17.3 Å². The van der Waals surface area contributed by atoms with Crippen molar-refractivity contribution in [3.8, 4) is 0 Å². The van der Waals surface area contributed by atoms with Gasteiger partial charge in [0.1, 0.15) is 16.2 Å². The number of nitrogens with zero attached hydrogens (tertiary/aromatic N) is 3. The van der Waals surface area contributed by atoms with Crippen LogP contribution in [0.4, 0.5) is 0 Å². The number of rotatable bonds is 5. The third kappa shape index (κ3) is 3.90. The Hall–Kier alpha value is -2.01. The third-order valence-corrected chi connectivity index (χ3v) is 7.45. The molecule has 0 unspecified atom stereocenters. The van der Waals surface area contributed by atoms with Crippen molar-refractivity contribution in [3.63, 3.8) is 0 Å². The normalized spacial score (nSPS) is 15.8. The maximum atomic E-state index is 12.7. The number of amides is 1. The minimum absolute atomic E-state index is 0.104. The smallest absolute Gasteiger partial charge is 0.268 e. The summed E-state index contributed by atoms with van der Waals surface area (Å²) in [5, 5.41) is 3.34. The van der Waals surface area contributed by atoms with Crippen LogP contribution in [-0.4, -0.2) is 57.6 Å². The highest BCUT2D eigenvalue weighted by Gasteiger charge is 2.27. The summed E-state index contributed by atoms with van der Waals surface area (Å²) in [5.41, 5.74) is 1.58. The van der Waals surface area contributed by atoms with E-state index in [1.54, 1.807) is 40.7 Å². The minimum atomic E-state index is -3.58. The van der Waals surface area contributed by atoms with Crippen molar-refractivity contribution in [1.29, 1.82) is 0 Å². The first-order valence-electron chi connectivity index (χ1n) is 8.61. The summed E-state index contributed by atoms with van der Waals surface area (Å²) < 4.78 is 28.6.